The van der Waals surface area contributed by atoms with E-state index >= 15 is 0 Å². The van der Waals surface area contributed by atoms with Gasteiger partial charge < -0.3 is 5.32 Å². The van der Waals surface area contributed by atoms with Crippen molar-refractivity contribution < 1.29 is 9.31 Å². The lowest BCUT2D eigenvalue weighted by Crippen LogP contribution is -2.14. The first kappa shape index (κ1) is 13.8. The number of hydrogen-bond acceptors (Lipinski definition) is 3. The largest absolute Gasteiger partial charge is 0.382 e. The third kappa shape index (κ3) is 3.91. The molecule has 0 aliphatic heterocycles. The zero-order valence-electron chi connectivity index (χ0n) is 10.9. The molecule has 1 fully saturated rings. The number of nitro benzene ring substituents is 1. The Morgan fingerprint density at radius 3 is 2.58 bits per heavy atom. The van der Waals surface area contributed by atoms with Crippen LogP contribution in [0.5, 0.6) is 0 Å². The summed E-state index contributed by atoms with van der Waals surface area (Å²) in [7, 11) is 0. The molecular weight excluding hydrogens is 247 g/mol. The summed E-state index contributed by atoms with van der Waals surface area (Å²) in [5.41, 5.74) is 0.156. The van der Waals surface area contributed by atoms with Crippen molar-refractivity contribution in [2.75, 3.05) is 11.9 Å². The van der Waals surface area contributed by atoms with Crippen LogP contribution in [0.1, 0.15) is 38.5 Å². The van der Waals surface area contributed by atoms with E-state index in [0.29, 0.717) is 12.5 Å². The van der Waals surface area contributed by atoms with Gasteiger partial charge in [-0.25, -0.2) is 4.39 Å². The standard InChI is InChI=1S/C14H19FN2O2/c15-13-8-7-12(17(18)19)9-14(13)16-10-11-5-3-1-2-4-6-11/h7-9,11,16H,1-6,10H2. The monoisotopic (exact) mass is 266 g/mol. The maximum atomic E-state index is 13.6. The molecule has 1 aromatic carbocycles. The summed E-state index contributed by atoms with van der Waals surface area (Å²) in [6, 6.07) is 3.60. The highest BCUT2D eigenvalue weighted by molar-refractivity contribution is 5.52. The van der Waals surface area contributed by atoms with E-state index < -0.39 is 10.7 Å². The fourth-order valence-corrected chi connectivity index (χ4v) is 2.58. The molecule has 0 spiro atoms. The van der Waals surface area contributed by atoms with Crippen LogP contribution in [0.3, 0.4) is 0 Å². The average molecular weight is 266 g/mol. The summed E-state index contributed by atoms with van der Waals surface area (Å²) in [5.74, 6) is 0.111. The van der Waals surface area contributed by atoms with Crippen molar-refractivity contribution in [1.29, 1.82) is 0 Å². The Morgan fingerprint density at radius 2 is 1.95 bits per heavy atom. The Bertz CT molecular complexity index is 443. The van der Waals surface area contributed by atoms with Crippen molar-refractivity contribution in [3.05, 3.63) is 34.1 Å². The molecule has 0 aromatic heterocycles. The minimum absolute atomic E-state index is 0.0789. The smallest absolute Gasteiger partial charge is 0.271 e. The van der Waals surface area contributed by atoms with Crippen LogP contribution in [-0.2, 0) is 0 Å². The summed E-state index contributed by atoms with van der Waals surface area (Å²) in [5, 5.41) is 13.7. The highest BCUT2D eigenvalue weighted by Gasteiger charge is 2.14. The summed E-state index contributed by atoms with van der Waals surface area (Å²) < 4.78 is 13.6. The molecule has 1 aliphatic rings. The molecule has 0 unspecified atom stereocenters. The van der Waals surface area contributed by atoms with Crippen molar-refractivity contribution >= 4 is 11.4 Å². The average Bonchev–Trinajstić information content (AvgIpc) is 2.66. The first-order valence-electron chi connectivity index (χ1n) is 6.84. The van der Waals surface area contributed by atoms with Gasteiger partial charge in [0.05, 0.1) is 10.6 Å². The number of hydrogen-bond donors (Lipinski definition) is 1. The highest BCUT2D eigenvalue weighted by Crippen LogP contribution is 2.25. The summed E-state index contributed by atoms with van der Waals surface area (Å²) in [6.07, 6.45) is 7.32. The molecule has 0 atom stereocenters. The molecule has 1 N–H and O–H groups in total. The third-order valence-corrected chi connectivity index (χ3v) is 3.72. The zero-order valence-corrected chi connectivity index (χ0v) is 10.9. The van der Waals surface area contributed by atoms with Crippen LogP contribution < -0.4 is 5.32 Å². The second-order valence-corrected chi connectivity index (χ2v) is 5.16. The second kappa shape index (κ2) is 6.50. The van der Waals surface area contributed by atoms with Crippen molar-refractivity contribution in [2.45, 2.75) is 38.5 Å². The van der Waals surface area contributed by atoms with E-state index in [1.807, 2.05) is 0 Å². The molecule has 0 saturated heterocycles. The molecule has 0 radical (unpaired) electrons. The van der Waals surface area contributed by atoms with E-state index in [0.717, 1.165) is 18.9 Å². The number of non-ortho nitro benzene ring substituents is 1. The molecule has 4 nitrogen and oxygen atoms in total. The van der Waals surface area contributed by atoms with Gasteiger partial charge in [-0.15, -0.1) is 0 Å². The lowest BCUT2D eigenvalue weighted by Gasteiger charge is -2.16. The fourth-order valence-electron chi connectivity index (χ4n) is 2.58. The Morgan fingerprint density at radius 1 is 1.26 bits per heavy atom. The van der Waals surface area contributed by atoms with Gasteiger partial charge in [0, 0.05) is 18.7 Å². The number of halogens is 1. The molecule has 0 bridgehead atoms. The van der Waals surface area contributed by atoms with Gasteiger partial charge in [-0.05, 0) is 24.8 Å². The topological polar surface area (TPSA) is 55.2 Å². The predicted octanol–water partition coefficient (Wildman–Crippen LogP) is 4.12. The van der Waals surface area contributed by atoms with Gasteiger partial charge in [0.2, 0.25) is 0 Å². The predicted molar refractivity (Wildman–Crippen MR) is 72.7 cm³/mol. The van der Waals surface area contributed by atoms with Gasteiger partial charge in [0.1, 0.15) is 5.82 Å². The highest BCUT2D eigenvalue weighted by atomic mass is 19.1. The minimum Gasteiger partial charge on any atom is -0.382 e. The van der Waals surface area contributed by atoms with Crippen molar-refractivity contribution in [3.8, 4) is 0 Å². The van der Waals surface area contributed by atoms with E-state index in [1.165, 1.54) is 37.8 Å². The Balaban J connectivity index is 1.97. The van der Waals surface area contributed by atoms with E-state index in [-0.39, 0.29) is 11.4 Å². The number of nitrogens with zero attached hydrogens (tertiary/aromatic N) is 1. The minimum atomic E-state index is -0.504. The van der Waals surface area contributed by atoms with Crippen LogP contribution in [0.15, 0.2) is 18.2 Å². The molecular formula is C14H19FN2O2. The van der Waals surface area contributed by atoms with Crippen molar-refractivity contribution in [1.82, 2.24) is 0 Å². The van der Waals surface area contributed by atoms with E-state index in [1.54, 1.807) is 0 Å². The normalized spacial score (nSPS) is 16.9. The van der Waals surface area contributed by atoms with Crippen molar-refractivity contribution in [3.63, 3.8) is 0 Å². The van der Waals surface area contributed by atoms with Crippen LogP contribution >= 0.6 is 0 Å². The number of nitrogens with one attached hydrogen (secondary N) is 1. The van der Waals surface area contributed by atoms with E-state index in [9.17, 15) is 14.5 Å². The van der Waals surface area contributed by atoms with Crippen LogP contribution in [0, 0.1) is 21.8 Å². The van der Waals surface area contributed by atoms with Gasteiger partial charge >= 0.3 is 0 Å². The van der Waals surface area contributed by atoms with E-state index in [2.05, 4.69) is 5.32 Å². The molecule has 104 valence electrons. The quantitative estimate of drug-likeness (QED) is 0.506. The van der Waals surface area contributed by atoms with Gasteiger partial charge in [0.25, 0.3) is 5.69 Å². The summed E-state index contributed by atoms with van der Waals surface area (Å²) in [6.45, 7) is 0.693. The fraction of sp³-hybridized carbons (Fsp3) is 0.571. The molecule has 5 heteroatoms. The molecule has 0 heterocycles. The molecule has 2 rings (SSSR count). The Labute approximate surface area is 112 Å². The van der Waals surface area contributed by atoms with Crippen LogP contribution in [0.2, 0.25) is 0 Å². The van der Waals surface area contributed by atoms with Crippen LogP contribution in [0.4, 0.5) is 15.8 Å². The van der Waals surface area contributed by atoms with Crippen LogP contribution in [-0.4, -0.2) is 11.5 Å². The molecule has 1 saturated carbocycles. The van der Waals surface area contributed by atoms with Gasteiger partial charge in [-0.1, -0.05) is 25.7 Å². The Kier molecular flexibility index (Phi) is 4.71. The van der Waals surface area contributed by atoms with Crippen molar-refractivity contribution in [2.24, 2.45) is 5.92 Å². The maximum absolute atomic E-state index is 13.6. The van der Waals surface area contributed by atoms with Gasteiger partial charge in [-0.2, -0.15) is 0 Å². The number of nitro groups is 1. The SMILES string of the molecule is O=[N+]([O-])c1ccc(F)c(NCC2CCCCCC2)c1. The zero-order chi connectivity index (χ0) is 13.7. The first-order chi connectivity index (χ1) is 9.16. The number of rotatable bonds is 4. The third-order valence-electron chi connectivity index (χ3n) is 3.72. The first-order valence-corrected chi connectivity index (χ1v) is 6.84. The van der Waals surface area contributed by atoms with Crippen LogP contribution in [0.25, 0.3) is 0 Å². The molecule has 19 heavy (non-hydrogen) atoms. The van der Waals surface area contributed by atoms with Gasteiger partial charge in [-0.3, -0.25) is 10.1 Å². The molecule has 1 aromatic rings. The van der Waals surface area contributed by atoms with E-state index in [4.69, 9.17) is 0 Å². The summed E-state index contributed by atoms with van der Waals surface area (Å²) in [4.78, 5) is 10.2. The Hall–Kier alpha value is -1.65. The molecule has 0 amide bonds. The second-order valence-electron chi connectivity index (χ2n) is 5.16. The number of benzene rings is 1. The lowest BCUT2D eigenvalue weighted by atomic mass is 10.0. The summed E-state index contributed by atoms with van der Waals surface area (Å²) >= 11 is 0. The lowest BCUT2D eigenvalue weighted by molar-refractivity contribution is -0.384. The number of anilines is 1. The maximum Gasteiger partial charge on any atom is 0.271 e. The molecule has 1 aliphatic carbocycles. The van der Waals surface area contributed by atoms with Gasteiger partial charge in [0.15, 0.2) is 0 Å².